The van der Waals surface area contributed by atoms with Gasteiger partial charge < -0.3 is 5.32 Å². The van der Waals surface area contributed by atoms with Crippen LogP contribution < -0.4 is 5.32 Å². The molecule has 1 aliphatic rings. The summed E-state index contributed by atoms with van der Waals surface area (Å²) in [7, 11) is 1.83. The number of rotatable bonds is 3. The molecule has 4 nitrogen and oxygen atoms in total. The highest BCUT2D eigenvalue weighted by atomic mass is 79.9. The van der Waals surface area contributed by atoms with E-state index in [2.05, 4.69) is 38.5 Å². The first kappa shape index (κ1) is 13.4. The summed E-state index contributed by atoms with van der Waals surface area (Å²) in [5.41, 5.74) is 2.13. The molecular weight excluding hydrogens is 318 g/mol. The van der Waals surface area contributed by atoms with Crippen molar-refractivity contribution in [3.63, 3.8) is 0 Å². The van der Waals surface area contributed by atoms with Gasteiger partial charge >= 0.3 is 0 Å². The molecule has 104 valence electrons. The summed E-state index contributed by atoms with van der Waals surface area (Å²) in [6, 6.07) is 10.1. The molecule has 5 heteroatoms. The summed E-state index contributed by atoms with van der Waals surface area (Å²) in [6.07, 6.45) is 0.916. The fourth-order valence-electron chi connectivity index (χ4n) is 2.54. The highest BCUT2D eigenvalue weighted by molar-refractivity contribution is 9.10. The monoisotopic (exact) mass is 333 g/mol. The van der Waals surface area contributed by atoms with Gasteiger partial charge in [0, 0.05) is 23.5 Å². The topological polar surface area (TPSA) is 46.9 Å². The second-order valence-electron chi connectivity index (χ2n) is 5.29. The van der Waals surface area contributed by atoms with Crippen molar-refractivity contribution in [1.29, 1.82) is 0 Å². The lowest BCUT2D eigenvalue weighted by molar-refractivity contribution is -0.117. The summed E-state index contributed by atoms with van der Waals surface area (Å²) in [5.74, 6) is 1.24. The van der Waals surface area contributed by atoms with Crippen molar-refractivity contribution in [2.45, 2.75) is 19.3 Å². The van der Waals surface area contributed by atoms with E-state index in [9.17, 15) is 4.79 Å². The first-order valence-corrected chi connectivity index (χ1v) is 7.41. The van der Waals surface area contributed by atoms with Gasteiger partial charge in [-0.15, -0.1) is 0 Å². The van der Waals surface area contributed by atoms with Crippen LogP contribution in [0.2, 0.25) is 0 Å². The van der Waals surface area contributed by atoms with E-state index in [0.717, 1.165) is 22.4 Å². The van der Waals surface area contributed by atoms with E-state index in [4.69, 9.17) is 0 Å². The lowest BCUT2D eigenvalue weighted by atomic mass is 10.1. The third-order valence-corrected chi connectivity index (χ3v) is 4.15. The van der Waals surface area contributed by atoms with E-state index >= 15 is 0 Å². The predicted molar refractivity (Wildman–Crippen MR) is 81.6 cm³/mol. The van der Waals surface area contributed by atoms with Crippen LogP contribution in [0.25, 0.3) is 0 Å². The van der Waals surface area contributed by atoms with Crippen LogP contribution in [0, 0.1) is 12.8 Å². The molecular formula is C15H16BrN3O. The van der Waals surface area contributed by atoms with Crippen LogP contribution in [0.1, 0.15) is 23.6 Å². The maximum Gasteiger partial charge on any atom is 0.229 e. The standard InChI is InChI=1S/C15H16BrN3O/c1-9-6-14(19(2)18-9)17-15(20)13-8-12(13)10-4-3-5-11(16)7-10/h3-7,12-13H,8H2,1-2H3,(H,17,20). The van der Waals surface area contributed by atoms with Gasteiger partial charge in [-0.1, -0.05) is 28.1 Å². The van der Waals surface area contributed by atoms with Crippen LogP contribution in [0.5, 0.6) is 0 Å². The van der Waals surface area contributed by atoms with Crippen molar-refractivity contribution < 1.29 is 4.79 Å². The second-order valence-corrected chi connectivity index (χ2v) is 6.20. The normalized spacial score (nSPS) is 20.8. The summed E-state index contributed by atoms with van der Waals surface area (Å²) >= 11 is 3.47. The summed E-state index contributed by atoms with van der Waals surface area (Å²) in [6.45, 7) is 1.91. The zero-order valence-electron chi connectivity index (χ0n) is 11.4. The molecule has 2 atom stereocenters. The number of amides is 1. The minimum atomic E-state index is 0.0690. The maximum absolute atomic E-state index is 12.2. The number of hydrogen-bond acceptors (Lipinski definition) is 2. The molecule has 1 saturated carbocycles. The molecule has 0 radical (unpaired) electrons. The minimum Gasteiger partial charge on any atom is -0.311 e. The van der Waals surface area contributed by atoms with Crippen LogP contribution in [0.3, 0.4) is 0 Å². The average Bonchev–Trinajstić information content (AvgIpc) is 3.12. The summed E-state index contributed by atoms with van der Waals surface area (Å²) in [5, 5.41) is 7.19. The van der Waals surface area contributed by atoms with E-state index in [-0.39, 0.29) is 11.8 Å². The van der Waals surface area contributed by atoms with Crippen molar-refractivity contribution in [3.05, 3.63) is 46.1 Å². The number of carbonyl (C=O) groups excluding carboxylic acids is 1. The van der Waals surface area contributed by atoms with Gasteiger partial charge in [-0.05, 0) is 37.0 Å². The molecule has 2 unspecified atom stereocenters. The Morgan fingerprint density at radius 3 is 2.90 bits per heavy atom. The minimum absolute atomic E-state index is 0.0690. The molecule has 20 heavy (non-hydrogen) atoms. The molecule has 2 aromatic rings. The largest absolute Gasteiger partial charge is 0.311 e. The molecule has 0 aliphatic heterocycles. The first-order valence-electron chi connectivity index (χ1n) is 6.61. The highest BCUT2D eigenvalue weighted by Crippen LogP contribution is 2.48. The molecule has 3 rings (SSSR count). The highest BCUT2D eigenvalue weighted by Gasteiger charge is 2.44. The zero-order chi connectivity index (χ0) is 14.3. The Balaban J connectivity index is 1.67. The van der Waals surface area contributed by atoms with E-state index in [1.807, 2.05) is 32.2 Å². The third-order valence-electron chi connectivity index (χ3n) is 3.66. The van der Waals surface area contributed by atoms with Gasteiger partial charge in [0.1, 0.15) is 5.82 Å². The lowest BCUT2D eigenvalue weighted by Crippen LogP contribution is -2.16. The molecule has 0 bridgehead atoms. The average molecular weight is 334 g/mol. The molecule has 0 saturated heterocycles. The van der Waals surface area contributed by atoms with Crippen molar-refractivity contribution in [2.75, 3.05) is 5.32 Å². The van der Waals surface area contributed by atoms with E-state index in [1.165, 1.54) is 5.56 Å². The fourth-order valence-corrected chi connectivity index (χ4v) is 2.95. The number of carbonyl (C=O) groups is 1. The van der Waals surface area contributed by atoms with Gasteiger partial charge in [0.05, 0.1) is 5.69 Å². The number of nitrogens with one attached hydrogen (secondary N) is 1. The Labute approximate surface area is 126 Å². The molecule has 1 N–H and O–H groups in total. The molecule has 1 aliphatic carbocycles. The number of aromatic nitrogens is 2. The van der Waals surface area contributed by atoms with Crippen LogP contribution in [-0.4, -0.2) is 15.7 Å². The fraction of sp³-hybridized carbons (Fsp3) is 0.333. The summed E-state index contributed by atoms with van der Waals surface area (Å²) in [4.78, 5) is 12.2. The molecule has 1 heterocycles. The lowest BCUT2D eigenvalue weighted by Gasteiger charge is -2.05. The van der Waals surface area contributed by atoms with Crippen molar-refractivity contribution in [3.8, 4) is 0 Å². The van der Waals surface area contributed by atoms with E-state index in [0.29, 0.717) is 5.92 Å². The van der Waals surface area contributed by atoms with Crippen LogP contribution in [0.15, 0.2) is 34.8 Å². The van der Waals surface area contributed by atoms with Crippen molar-refractivity contribution in [1.82, 2.24) is 9.78 Å². The van der Waals surface area contributed by atoms with Gasteiger partial charge in [-0.2, -0.15) is 5.10 Å². The number of aryl methyl sites for hydroxylation is 2. The maximum atomic E-state index is 12.2. The molecule has 1 amide bonds. The third kappa shape index (κ3) is 2.63. The summed E-state index contributed by atoms with van der Waals surface area (Å²) < 4.78 is 2.76. The number of halogens is 1. The van der Waals surface area contributed by atoms with Gasteiger partial charge in [0.25, 0.3) is 0 Å². The van der Waals surface area contributed by atoms with Crippen LogP contribution in [-0.2, 0) is 11.8 Å². The SMILES string of the molecule is Cc1cc(NC(=O)C2CC2c2cccc(Br)c2)n(C)n1. The Morgan fingerprint density at radius 2 is 2.25 bits per heavy atom. The van der Waals surface area contributed by atoms with E-state index in [1.54, 1.807) is 4.68 Å². The van der Waals surface area contributed by atoms with Crippen molar-refractivity contribution in [2.24, 2.45) is 13.0 Å². The quantitative estimate of drug-likeness (QED) is 0.937. The predicted octanol–water partition coefficient (Wildman–Crippen LogP) is 3.23. The van der Waals surface area contributed by atoms with Crippen LogP contribution >= 0.6 is 15.9 Å². The van der Waals surface area contributed by atoms with Gasteiger partial charge in [-0.25, -0.2) is 0 Å². The number of anilines is 1. The van der Waals surface area contributed by atoms with Gasteiger partial charge in [0.2, 0.25) is 5.91 Å². The second kappa shape index (κ2) is 5.05. The van der Waals surface area contributed by atoms with Gasteiger partial charge in [0.15, 0.2) is 0 Å². The molecule has 1 aromatic heterocycles. The van der Waals surface area contributed by atoms with Crippen LogP contribution in [0.4, 0.5) is 5.82 Å². The number of hydrogen-bond donors (Lipinski definition) is 1. The van der Waals surface area contributed by atoms with Gasteiger partial charge in [-0.3, -0.25) is 9.48 Å². The Morgan fingerprint density at radius 1 is 1.45 bits per heavy atom. The Kier molecular flexibility index (Phi) is 3.38. The number of benzene rings is 1. The Bertz CT molecular complexity index is 665. The molecule has 0 spiro atoms. The first-order chi connectivity index (χ1) is 9.54. The van der Waals surface area contributed by atoms with E-state index < -0.39 is 0 Å². The van der Waals surface area contributed by atoms with Crippen molar-refractivity contribution >= 4 is 27.7 Å². The zero-order valence-corrected chi connectivity index (χ0v) is 13.0. The molecule has 1 fully saturated rings. The molecule has 1 aromatic carbocycles. The Hall–Kier alpha value is -1.62. The number of nitrogens with zero attached hydrogens (tertiary/aromatic N) is 2. The smallest absolute Gasteiger partial charge is 0.229 e.